The number of carbonyl (C=O) groups is 5. The van der Waals surface area contributed by atoms with Gasteiger partial charge in [-0.05, 0) is 63.3 Å². The number of carboxylic acid groups (broad SMARTS) is 2. The molecule has 3 amide bonds. The molecule has 0 saturated carbocycles. The highest BCUT2D eigenvalue weighted by Crippen LogP contribution is 2.52. The number of hydrogen-bond donors (Lipinski definition) is 6. The molecule has 0 spiro atoms. The van der Waals surface area contributed by atoms with Crippen LogP contribution in [0.5, 0.6) is 0 Å². The molecule has 7 atom stereocenters. The van der Waals surface area contributed by atoms with E-state index >= 15 is 0 Å². The summed E-state index contributed by atoms with van der Waals surface area (Å²) in [6.07, 6.45) is 1.04. The molecule has 4 fully saturated rings. The maximum Gasteiger partial charge on any atom is 0.327 e. The lowest BCUT2D eigenvalue weighted by Gasteiger charge is -2.44. The molecule has 64 heavy (non-hydrogen) atoms. The third-order valence-corrected chi connectivity index (χ3v) is 14.7. The fourth-order valence-corrected chi connectivity index (χ4v) is 11.7. The number of carboxylic acids is 2. The van der Waals surface area contributed by atoms with Crippen molar-refractivity contribution in [3.8, 4) is 0 Å². The molecule has 15 heteroatoms. The van der Waals surface area contributed by atoms with Gasteiger partial charge in [-0.2, -0.15) is 0 Å². The number of β-lactam (4-membered cyclic amide) rings is 2. The van der Waals surface area contributed by atoms with Crippen LogP contribution >= 0.6 is 23.5 Å². The Labute approximate surface area is 384 Å². The number of benzene rings is 4. The predicted octanol–water partition coefficient (Wildman–Crippen LogP) is 5.15. The van der Waals surface area contributed by atoms with E-state index in [4.69, 9.17) is 0 Å². The maximum atomic E-state index is 12.4. The molecule has 4 aliphatic heterocycles. The molecule has 13 nitrogen and oxygen atoms in total. The topological polar surface area (TPSA) is 180 Å². The average Bonchev–Trinajstić information content (AvgIpc) is 3.69. The third-order valence-electron chi connectivity index (χ3n) is 11.5. The Kier molecular flexibility index (Phi) is 16.3. The van der Waals surface area contributed by atoms with Crippen molar-refractivity contribution in [2.24, 2.45) is 0 Å². The van der Waals surface area contributed by atoms with Crippen LogP contribution in [0.25, 0.3) is 0 Å². The zero-order chi connectivity index (χ0) is 46.0. The zero-order valence-corrected chi connectivity index (χ0v) is 38.6. The molecule has 4 saturated heterocycles. The molecule has 8 rings (SSSR count). The van der Waals surface area contributed by atoms with Gasteiger partial charge in [0.15, 0.2) is 0 Å². The molecule has 4 aromatic rings. The SMILES string of the molecule is CC(Cc1ccccc1)N[C@@H]1C(=O)N2[C@@H]1SC(C)(C)[C@@H]2C(=O)O.CC1(C)S[C@@H]2[C@H](NC(=O)Cc3ccccc3)C(=O)N2[C@H]1C(=O)O.c1ccc(CNCCNCc2ccccc2)cc1. The number of nitrogens with zero attached hydrogens (tertiary/aromatic N) is 2. The Balaban J connectivity index is 0.000000161. The molecular formula is C49H60N6O7S2. The van der Waals surface area contributed by atoms with Gasteiger partial charge in [0.25, 0.3) is 0 Å². The van der Waals surface area contributed by atoms with Crippen molar-refractivity contribution >= 4 is 53.2 Å². The van der Waals surface area contributed by atoms with Crippen molar-refractivity contribution < 1.29 is 34.2 Å². The Hall–Kier alpha value is -5.19. The average molecular weight is 909 g/mol. The largest absolute Gasteiger partial charge is 0.480 e. The molecule has 0 radical (unpaired) electrons. The fraction of sp³-hybridized carbons (Fsp3) is 0.408. The molecule has 6 N–H and O–H groups in total. The van der Waals surface area contributed by atoms with Gasteiger partial charge in [0, 0.05) is 41.7 Å². The van der Waals surface area contributed by atoms with Gasteiger partial charge in [-0.25, -0.2) is 9.59 Å². The van der Waals surface area contributed by atoms with Crippen LogP contribution in [0.4, 0.5) is 0 Å². The first kappa shape index (κ1) is 48.3. The summed E-state index contributed by atoms with van der Waals surface area (Å²) in [5.74, 6) is -2.57. The van der Waals surface area contributed by atoms with Crippen LogP contribution in [-0.4, -0.2) is 113 Å². The summed E-state index contributed by atoms with van der Waals surface area (Å²) < 4.78 is -1.05. The van der Waals surface area contributed by atoms with Gasteiger partial charge in [0.05, 0.1) is 6.42 Å². The first-order chi connectivity index (χ1) is 30.6. The number of nitrogens with one attached hydrogen (secondary N) is 4. The number of hydrogen-bond acceptors (Lipinski definition) is 10. The van der Waals surface area contributed by atoms with Crippen LogP contribution in [-0.2, 0) is 49.9 Å². The van der Waals surface area contributed by atoms with Crippen molar-refractivity contribution in [3.05, 3.63) is 144 Å². The van der Waals surface area contributed by atoms with Crippen molar-refractivity contribution in [2.75, 3.05) is 13.1 Å². The van der Waals surface area contributed by atoms with Gasteiger partial charge < -0.3 is 41.3 Å². The molecule has 340 valence electrons. The van der Waals surface area contributed by atoms with Crippen LogP contribution < -0.4 is 21.3 Å². The standard InChI is InChI=1S/C17H22N2O3S.C16H18N2O4S.C16H20N2/c1-10(9-11-7-5-4-6-8-11)18-12-14(20)19-13(16(21)22)17(2,3)23-15(12)19;1-16(2)12(15(21)22)18-13(20)11(14(18)23-16)17-10(19)8-9-6-4-3-5-7-9;1-3-7-15(8-4-1)13-17-11-12-18-14-16-9-5-2-6-10-16/h4-8,10,12-13,15,18H,9H2,1-3H3,(H,21,22);3-7,11-12,14H,8H2,1-2H3,(H,17,19)(H,21,22);1-10,17-18H,11-14H2/t10?,12-,13+,15-;11-,12+,14-;/m11./s1. The Morgan fingerprint density at radius 3 is 1.39 bits per heavy atom. The van der Waals surface area contributed by atoms with E-state index in [2.05, 4.69) is 88.9 Å². The van der Waals surface area contributed by atoms with E-state index in [-0.39, 0.29) is 47.0 Å². The zero-order valence-electron chi connectivity index (χ0n) is 37.0. The maximum absolute atomic E-state index is 12.4. The summed E-state index contributed by atoms with van der Waals surface area (Å²) in [5, 5.41) is 31.4. The lowest BCUT2D eigenvalue weighted by atomic mass is 9.95. The van der Waals surface area contributed by atoms with E-state index in [1.54, 1.807) is 11.8 Å². The summed E-state index contributed by atoms with van der Waals surface area (Å²) in [5.41, 5.74) is 4.76. The quantitative estimate of drug-likeness (QED) is 0.0645. The van der Waals surface area contributed by atoms with E-state index in [9.17, 15) is 34.2 Å². The predicted molar refractivity (Wildman–Crippen MR) is 252 cm³/mol. The highest BCUT2D eigenvalue weighted by atomic mass is 32.2. The highest BCUT2D eigenvalue weighted by molar-refractivity contribution is 8.02. The van der Waals surface area contributed by atoms with E-state index in [1.807, 2.05) is 88.4 Å². The number of aliphatic carboxylic acids is 2. The smallest absolute Gasteiger partial charge is 0.327 e. The minimum atomic E-state index is -1.01. The molecule has 1 unspecified atom stereocenters. The molecule has 0 aromatic heterocycles. The molecule has 0 aliphatic carbocycles. The van der Waals surface area contributed by atoms with Gasteiger partial charge in [0.2, 0.25) is 17.7 Å². The molecule has 4 aromatic carbocycles. The summed E-state index contributed by atoms with van der Waals surface area (Å²) in [7, 11) is 0. The normalized spacial score (nSPS) is 23.7. The minimum absolute atomic E-state index is 0.0863. The second-order valence-electron chi connectivity index (χ2n) is 17.5. The van der Waals surface area contributed by atoms with Crippen molar-refractivity contribution in [2.45, 2.75) is 111 Å². The van der Waals surface area contributed by atoms with Gasteiger partial charge in [-0.3, -0.25) is 14.4 Å². The second-order valence-corrected chi connectivity index (χ2v) is 21.0. The lowest BCUT2D eigenvalue weighted by molar-refractivity contribution is -0.161. The van der Waals surface area contributed by atoms with E-state index in [0.29, 0.717) is 0 Å². The van der Waals surface area contributed by atoms with E-state index < -0.39 is 39.6 Å². The van der Waals surface area contributed by atoms with Gasteiger partial charge in [-0.1, -0.05) is 121 Å². The van der Waals surface area contributed by atoms with Gasteiger partial charge in [0.1, 0.15) is 34.9 Å². The van der Waals surface area contributed by atoms with Crippen molar-refractivity contribution in [1.29, 1.82) is 0 Å². The van der Waals surface area contributed by atoms with E-state index in [0.717, 1.165) is 38.2 Å². The Morgan fingerprint density at radius 1 is 0.594 bits per heavy atom. The lowest BCUT2D eigenvalue weighted by Crippen LogP contribution is -2.71. The Morgan fingerprint density at radius 2 is 0.969 bits per heavy atom. The van der Waals surface area contributed by atoms with Crippen LogP contribution in [0.15, 0.2) is 121 Å². The van der Waals surface area contributed by atoms with Crippen molar-refractivity contribution in [3.63, 3.8) is 0 Å². The molecule has 4 heterocycles. The first-order valence-electron chi connectivity index (χ1n) is 21.7. The number of amides is 3. The van der Waals surface area contributed by atoms with Crippen LogP contribution in [0.2, 0.25) is 0 Å². The van der Waals surface area contributed by atoms with Gasteiger partial charge >= 0.3 is 11.9 Å². The molecule has 0 bridgehead atoms. The van der Waals surface area contributed by atoms with Crippen LogP contribution in [0.3, 0.4) is 0 Å². The highest BCUT2D eigenvalue weighted by Gasteiger charge is 2.65. The fourth-order valence-electron chi connectivity index (χ4n) is 8.48. The summed E-state index contributed by atoms with van der Waals surface area (Å²) in [6, 6.07) is 38.0. The minimum Gasteiger partial charge on any atom is -0.480 e. The van der Waals surface area contributed by atoms with E-state index in [1.165, 1.54) is 38.3 Å². The summed E-state index contributed by atoms with van der Waals surface area (Å²) >= 11 is 3.00. The number of thioether (sulfide) groups is 2. The third kappa shape index (κ3) is 11.9. The van der Waals surface area contributed by atoms with Crippen LogP contribution in [0.1, 0.15) is 56.9 Å². The molecular weight excluding hydrogens is 849 g/mol. The van der Waals surface area contributed by atoms with Crippen molar-refractivity contribution in [1.82, 2.24) is 31.1 Å². The summed E-state index contributed by atoms with van der Waals surface area (Å²) in [4.78, 5) is 62.6. The summed E-state index contributed by atoms with van der Waals surface area (Å²) in [6.45, 7) is 13.3. The van der Waals surface area contributed by atoms with Gasteiger partial charge in [-0.15, -0.1) is 23.5 Å². The number of fused-ring (bicyclic) bond motifs is 2. The Bertz CT molecular complexity index is 2160. The molecule has 4 aliphatic rings. The number of rotatable bonds is 16. The number of carbonyl (C=O) groups excluding carboxylic acids is 3. The van der Waals surface area contributed by atoms with Crippen LogP contribution in [0, 0.1) is 0 Å². The monoisotopic (exact) mass is 908 g/mol. The first-order valence-corrected chi connectivity index (χ1v) is 23.4. The second kappa shape index (κ2) is 21.7.